The van der Waals surface area contributed by atoms with Gasteiger partial charge in [-0.05, 0) is 29.8 Å². The van der Waals surface area contributed by atoms with Crippen molar-refractivity contribution in [1.29, 1.82) is 0 Å². The smallest absolute Gasteiger partial charge is 0.347 e. The monoisotopic (exact) mass is 350 g/mol. The average molecular weight is 350 g/mol. The first kappa shape index (κ1) is 18.5. The van der Waals surface area contributed by atoms with E-state index in [-0.39, 0.29) is 11.5 Å². The molecule has 0 fully saturated rings. The Bertz CT molecular complexity index is 741. The van der Waals surface area contributed by atoms with Gasteiger partial charge in [0.15, 0.2) is 0 Å². The number of benzene rings is 2. The number of likely N-dealkylation sites (N-methyl/N-ethyl adjacent to an activating group) is 1. The van der Waals surface area contributed by atoms with E-state index in [2.05, 4.69) is 5.32 Å². The van der Waals surface area contributed by atoms with Gasteiger partial charge in [0.1, 0.15) is 6.04 Å². The van der Waals surface area contributed by atoms with Crippen molar-refractivity contribution in [2.45, 2.75) is 12.2 Å². The molecule has 0 saturated heterocycles. The van der Waals surface area contributed by atoms with Crippen molar-refractivity contribution in [2.24, 2.45) is 0 Å². The summed E-state index contributed by atoms with van der Waals surface area (Å²) < 4.78 is 37.8. The molecule has 7 heteroatoms. The van der Waals surface area contributed by atoms with Gasteiger partial charge in [0, 0.05) is 19.7 Å². The number of amides is 2. The van der Waals surface area contributed by atoms with Gasteiger partial charge in [0.25, 0.3) is 5.91 Å². The van der Waals surface area contributed by atoms with Crippen molar-refractivity contribution in [3.63, 3.8) is 0 Å². The highest BCUT2D eigenvalue weighted by Crippen LogP contribution is 2.29. The number of rotatable bonds is 4. The molecule has 2 aromatic rings. The average Bonchev–Trinajstić information content (AvgIpc) is 2.59. The molecule has 0 radical (unpaired) electrons. The quantitative estimate of drug-likeness (QED) is 0.920. The van der Waals surface area contributed by atoms with E-state index in [0.717, 1.165) is 24.3 Å². The van der Waals surface area contributed by atoms with Crippen LogP contribution in [0.2, 0.25) is 0 Å². The third-order valence-electron chi connectivity index (χ3n) is 3.57. The highest BCUT2D eigenvalue weighted by molar-refractivity contribution is 5.97. The van der Waals surface area contributed by atoms with E-state index < -0.39 is 23.7 Å². The van der Waals surface area contributed by atoms with Crippen molar-refractivity contribution < 1.29 is 22.8 Å². The fourth-order valence-corrected chi connectivity index (χ4v) is 2.22. The van der Waals surface area contributed by atoms with Gasteiger partial charge >= 0.3 is 6.18 Å². The summed E-state index contributed by atoms with van der Waals surface area (Å²) in [6.07, 6.45) is -4.47. The highest BCUT2D eigenvalue weighted by atomic mass is 19.4. The van der Waals surface area contributed by atoms with Crippen molar-refractivity contribution >= 4 is 11.8 Å². The second kappa shape index (κ2) is 7.38. The van der Waals surface area contributed by atoms with Crippen LogP contribution < -0.4 is 5.32 Å². The standard InChI is InChI=1S/C18H17F3N2O2/c1-23(2)17(25)15(12-6-4-3-5-7-12)22-16(24)13-8-10-14(11-9-13)18(19,20)21/h3-11,15H,1-2H3,(H,22,24)/t15-/m0/s1. The van der Waals surface area contributed by atoms with Crippen LogP contribution in [0.15, 0.2) is 54.6 Å². The molecule has 0 aliphatic rings. The SMILES string of the molecule is CN(C)C(=O)[C@@H](NC(=O)c1ccc(C(F)(F)F)cc1)c1ccccc1. The molecule has 1 N–H and O–H groups in total. The van der Waals surface area contributed by atoms with Gasteiger partial charge in [-0.1, -0.05) is 30.3 Å². The zero-order valence-corrected chi connectivity index (χ0v) is 13.7. The molecule has 2 aromatic carbocycles. The fourth-order valence-electron chi connectivity index (χ4n) is 2.22. The molecule has 0 aliphatic carbocycles. The van der Waals surface area contributed by atoms with E-state index in [1.54, 1.807) is 44.4 Å². The third kappa shape index (κ3) is 4.59. The van der Waals surface area contributed by atoms with Gasteiger partial charge in [-0.15, -0.1) is 0 Å². The molecule has 0 bridgehead atoms. The lowest BCUT2D eigenvalue weighted by molar-refractivity contribution is -0.137. The van der Waals surface area contributed by atoms with E-state index in [1.807, 2.05) is 0 Å². The first-order valence-electron chi connectivity index (χ1n) is 7.44. The number of carbonyl (C=O) groups is 2. The van der Waals surface area contributed by atoms with E-state index >= 15 is 0 Å². The molecular formula is C18H17F3N2O2. The van der Waals surface area contributed by atoms with Crippen molar-refractivity contribution in [3.05, 3.63) is 71.3 Å². The molecule has 2 amide bonds. The minimum absolute atomic E-state index is 0.0421. The van der Waals surface area contributed by atoms with Crippen LogP contribution in [-0.2, 0) is 11.0 Å². The molecule has 0 aliphatic heterocycles. The topological polar surface area (TPSA) is 49.4 Å². The van der Waals surface area contributed by atoms with Gasteiger partial charge in [0.05, 0.1) is 5.56 Å². The van der Waals surface area contributed by atoms with Crippen LogP contribution in [-0.4, -0.2) is 30.8 Å². The van der Waals surface area contributed by atoms with Crippen LogP contribution in [0.5, 0.6) is 0 Å². The van der Waals surface area contributed by atoms with Crippen LogP contribution >= 0.6 is 0 Å². The maximum absolute atomic E-state index is 12.6. The first-order valence-corrected chi connectivity index (χ1v) is 7.44. The number of nitrogens with zero attached hydrogens (tertiary/aromatic N) is 1. The summed E-state index contributed by atoms with van der Waals surface area (Å²) in [5, 5.41) is 2.58. The molecule has 0 saturated carbocycles. The summed E-state index contributed by atoms with van der Waals surface area (Å²) >= 11 is 0. The third-order valence-corrected chi connectivity index (χ3v) is 3.57. The first-order chi connectivity index (χ1) is 11.7. The number of nitrogens with one attached hydrogen (secondary N) is 1. The molecular weight excluding hydrogens is 333 g/mol. The molecule has 132 valence electrons. The van der Waals surface area contributed by atoms with E-state index in [4.69, 9.17) is 0 Å². The Hall–Kier alpha value is -2.83. The molecule has 25 heavy (non-hydrogen) atoms. The second-order valence-corrected chi connectivity index (χ2v) is 5.62. The van der Waals surface area contributed by atoms with Crippen molar-refractivity contribution in [3.8, 4) is 0 Å². The van der Waals surface area contributed by atoms with Crippen LogP contribution in [0.25, 0.3) is 0 Å². The van der Waals surface area contributed by atoms with Gasteiger partial charge in [-0.2, -0.15) is 13.2 Å². The van der Waals surface area contributed by atoms with E-state index in [9.17, 15) is 22.8 Å². The van der Waals surface area contributed by atoms with Crippen LogP contribution in [0, 0.1) is 0 Å². The fraction of sp³-hybridized carbons (Fsp3) is 0.222. The van der Waals surface area contributed by atoms with E-state index in [1.165, 1.54) is 4.90 Å². The highest BCUT2D eigenvalue weighted by Gasteiger charge is 2.30. The summed E-state index contributed by atoms with van der Waals surface area (Å²) in [6, 6.07) is 11.5. The largest absolute Gasteiger partial charge is 0.416 e. The zero-order chi connectivity index (χ0) is 18.6. The summed E-state index contributed by atoms with van der Waals surface area (Å²) in [5.41, 5.74) is -0.213. The minimum atomic E-state index is -4.47. The normalized spacial score (nSPS) is 12.4. The molecule has 1 atom stereocenters. The molecule has 0 unspecified atom stereocenters. The minimum Gasteiger partial charge on any atom is -0.347 e. The van der Waals surface area contributed by atoms with Gasteiger partial charge in [0.2, 0.25) is 5.91 Å². The lowest BCUT2D eigenvalue weighted by Crippen LogP contribution is -2.39. The van der Waals surface area contributed by atoms with Crippen LogP contribution in [0.1, 0.15) is 27.5 Å². The summed E-state index contributed by atoms with van der Waals surface area (Å²) in [7, 11) is 3.12. The predicted octanol–water partition coefficient (Wildman–Crippen LogP) is 3.26. The molecule has 0 heterocycles. The van der Waals surface area contributed by atoms with Gasteiger partial charge in [-0.25, -0.2) is 0 Å². The van der Waals surface area contributed by atoms with Crippen molar-refractivity contribution in [1.82, 2.24) is 10.2 Å². The number of halogens is 3. The Morgan fingerprint density at radius 1 is 0.960 bits per heavy atom. The maximum Gasteiger partial charge on any atom is 0.416 e. The van der Waals surface area contributed by atoms with E-state index in [0.29, 0.717) is 5.56 Å². The second-order valence-electron chi connectivity index (χ2n) is 5.62. The lowest BCUT2D eigenvalue weighted by Gasteiger charge is -2.22. The lowest BCUT2D eigenvalue weighted by atomic mass is 10.0. The summed E-state index contributed by atoms with van der Waals surface area (Å²) in [5.74, 6) is -0.968. The summed E-state index contributed by atoms with van der Waals surface area (Å²) in [4.78, 5) is 26.0. The Kier molecular flexibility index (Phi) is 5.46. The van der Waals surface area contributed by atoms with Crippen molar-refractivity contribution in [2.75, 3.05) is 14.1 Å². The molecule has 2 rings (SSSR count). The Labute approximate surface area is 143 Å². The number of carbonyl (C=O) groups excluding carboxylic acids is 2. The number of hydrogen-bond acceptors (Lipinski definition) is 2. The van der Waals surface area contributed by atoms with Gasteiger partial charge in [-0.3, -0.25) is 9.59 Å². The number of alkyl halides is 3. The molecule has 4 nitrogen and oxygen atoms in total. The van der Waals surface area contributed by atoms with Gasteiger partial charge < -0.3 is 10.2 Å². The van der Waals surface area contributed by atoms with Crippen LogP contribution in [0.4, 0.5) is 13.2 Å². The number of hydrogen-bond donors (Lipinski definition) is 1. The summed E-state index contributed by atoms with van der Waals surface area (Å²) in [6.45, 7) is 0. The Morgan fingerprint density at radius 2 is 1.52 bits per heavy atom. The molecule has 0 aromatic heterocycles. The van der Waals surface area contributed by atoms with Crippen LogP contribution in [0.3, 0.4) is 0 Å². The Balaban J connectivity index is 2.24. The maximum atomic E-state index is 12.6. The zero-order valence-electron chi connectivity index (χ0n) is 13.7. The predicted molar refractivity (Wildman–Crippen MR) is 86.8 cm³/mol. The molecule has 0 spiro atoms. The Morgan fingerprint density at radius 3 is 2.00 bits per heavy atom.